The first-order valence-electron chi connectivity index (χ1n) is 8.35. The number of fused-ring (bicyclic) bond motifs is 1. The summed E-state index contributed by atoms with van der Waals surface area (Å²) in [7, 11) is 0. The number of halogens is 2. The highest BCUT2D eigenvalue weighted by atomic mass is 35.5. The van der Waals surface area contributed by atoms with E-state index >= 15 is 0 Å². The van der Waals surface area contributed by atoms with Crippen LogP contribution in [0.25, 0.3) is 10.2 Å². The van der Waals surface area contributed by atoms with Gasteiger partial charge in [0.2, 0.25) is 11.2 Å². The number of carbonyl (C=O) groups excluding carboxylic acids is 1. The number of aromatic nitrogens is 1. The van der Waals surface area contributed by atoms with Gasteiger partial charge in [0.05, 0.1) is 10.2 Å². The Labute approximate surface area is 172 Å². The SMILES string of the molecule is O=C(Nc1nc2ccc(Cl)cc2s1)c1cc(=O)c(OCc2ccc(F)cc2)co1. The van der Waals surface area contributed by atoms with Crippen LogP contribution in [0.5, 0.6) is 5.75 Å². The molecular formula is C20H12ClFN2O4S. The van der Waals surface area contributed by atoms with Crippen LogP contribution in [-0.4, -0.2) is 10.9 Å². The van der Waals surface area contributed by atoms with Gasteiger partial charge in [-0.3, -0.25) is 14.9 Å². The van der Waals surface area contributed by atoms with E-state index < -0.39 is 11.3 Å². The molecule has 0 aliphatic heterocycles. The number of benzene rings is 2. The van der Waals surface area contributed by atoms with Gasteiger partial charge in [-0.25, -0.2) is 9.37 Å². The largest absolute Gasteiger partial charge is 0.482 e. The van der Waals surface area contributed by atoms with E-state index in [0.29, 0.717) is 21.2 Å². The van der Waals surface area contributed by atoms with E-state index in [2.05, 4.69) is 10.3 Å². The molecule has 146 valence electrons. The lowest BCUT2D eigenvalue weighted by Gasteiger charge is -2.06. The van der Waals surface area contributed by atoms with Gasteiger partial charge >= 0.3 is 0 Å². The van der Waals surface area contributed by atoms with E-state index in [9.17, 15) is 14.0 Å². The first-order chi connectivity index (χ1) is 14.0. The topological polar surface area (TPSA) is 81.4 Å². The van der Waals surface area contributed by atoms with Crippen molar-refractivity contribution < 1.29 is 18.3 Å². The van der Waals surface area contributed by atoms with E-state index in [4.69, 9.17) is 20.8 Å². The number of thiazole rings is 1. The highest BCUT2D eigenvalue weighted by molar-refractivity contribution is 7.22. The van der Waals surface area contributed by atoms with Crippen molar-refractivity contribution in [3.63, 3.8) is 0 Å². The zero-order chi connectivity index (χ0) is 20.4. The number of ether oxygens (including phenoxy) is 1. The zero-order valence-corrected chi connectivity index (χ0v) is 16.2. The molecule has 0 saturated carbocycles. The maximum atomic E-state index is 12.9. The Kier molecular flexibility index (Phi) is 5.28. The first-order valence-corrected chi connectivity index (χ1v) is 9.55. The van der Waals surface area contributed by atoms with Crippen LogP contribution in [0, 0.1) is 5.82 Å². The highest BCUT2D eigenvalue weighted by Crippen LogP contribution is 2.28. The molecule has 29 heavy (non-hydrogen) atoms. The smallest absolute Gasteiger partial charge is 0.293 e. The molecule has 1 N–H and O–H groups in total. The lowest BCUT2D eigenvalue weighted by molar-refractivity contribution is 0.0993. The number of anilines is 1. The highest BCUT2D eigenvalue weighted by Gasteiger charge is 2.15. The number of carbonyl (C=O) groups is 1. The maximum absolute atomic E-state index is 12.9. The molecule has 0 atom stereocenters. The third-order valence-corrected chi connectivity index (χ3v) is 5.07. The van der Waals surface area contributed by atoms with Crippen LogP contribution >= 0.6 is 22.9 Å². The minimum Gasteiger partial charge on any atom is -0.482 e. The van der Waals surface area contributed by atoms with E-state index in [1.807, 2.05) is 0 Å². The maximum Gasteiger partial charge on any atom is 0.293 e. The van der Waals surface area contributed by atoms with Crippen molar-refractivity contribution in [3.05, 3.63) is 87.2 Å². The normalized spacial score (nSPS) is 10.8. The summed E-state index contributed by atoms with van der Waals surface area (Å²) in [6.45, 7) is 0.0604. The lowest BCUT2D eigenvalue weighted by Crippen LogP contribution is -2.15. The van der Waals surface area contributed by atoms with E-state index in [1.165, 1.54) is 23.5 Å². The second kappa shape index (κ2) is 8.02. The molecule has 2 heterocycles. The van der Waals surface area contributed by atoms with Gasteiger partial charge in [-0.2, -0.15) is 0 Å². The Morgan fingerprint density at radius 3 is 2.76 bits per heavy atom. The van der Waals surface area contributed by atoms with Crippen LogP contribution in [0.4, 0.5) is 9.52 Å². The van der Waals surface area contributed by atoms with Crippen molar-refractivity contribution in [1.82, 2.24) is 4.98 Å². The zero-order valence-electron chi connectivity index (χ0n) is 14.6. The fourth-order valence-electron chi connectivity index (χ4n) is 2.48. The second-order valence-corrected chi connectivity index (χ2v) is 7.44. The molecule has 4 aromatic rings. The Morgan fingerprint density at radius 2 is 2.00 bits per heavy atom. The molecule has 0 aliphatic carbocycles. The average Bonchev–Trinajstić information content (AvgIpc) is 3.09. The Morgan fingerprint density at radius 1 is 1.21 bits per heavy atom. The second-order valence-electron chi connectivity index (χ2n) is 5.97. The summed E-state index contributed by atoms with van der Waals surface area (Å²) in [4.78, 5) is 28.8. The van der Waals surface area contributed by atoms with Gasteiger partial charge in [0.1, 0.15) is 18.7 Å². The molecule has 0 radical (unpaired) electrons. The number of nitrogens with one attached hydrogen (secondary N) is 1. The Balaban J connectivity index is 1.45. The molecule has 4 rings (SSSR count). The number of amides is 1. The monoisotopic (exact) mass is 430 g/mol. The molecule has 2 aromatic carbocycles. The fourth-order valence-corrected chi connectivity index (χ4v) is 3.61. The van der Waals surface area contributed by atoms with Gasteiger partial charge in [0.25, 0.3) is 5.91 Å². The summed E-state index contributed by atoms with van der Waals surface area (Å²) >= 11 is 7.20. The lowest BCUT2D eigenvalue weighted by atomic mass is 10.2. The molecule has 0 fully saturated rings. The van der Waals surface area contributed by atoms with Gasteiger partial charge in [0.15, 0.2) is 10.9 Å². The van der Waals surface area contributed by atoms with E-state index in [-0.39, 0.29) is 23.9 Å². The molecule has 0 aliphatic rings. The van der Waals surface area contributed by atoms with Crippen molar-refractivity contribution >= 4 is 44.2 Å². The predicted octanol–water partition coefficient (Wildman–Crippen LogP) is 4.87. The molecule has 0 spiro atoms. The van der Waals surface area contributed by atoms with Gasteiger partial charge in [0, 0.05) is 11.1 Å². The molecular weight excluding hydrogens is 419 g/mol. The Bertz CT molecular complexity index is 1250. The summed E-state index contributed by atoms with van der Waals surface area (Å²) in [6.07, 6.45) is 1.07. The standard InChI is InChI=1S/C20H12ClFN2O4S/c21-12-3-6-14-18(7-12)29-20(23-14)24-19(26)16-8-15(25)17(10-28-16)27-9-11-1-4-13(22)5-2-11/h1-8,10H,9H2,(H,23,24,26). The van der Waals surface area contributed by atoms with Crippen molar-refractivity contribution in [3.8, 4) is 5.75 Å². The summed E-state index contributed by atoms with van der Waals surface area (Å²) in [5.41, 5.74) is 0.865. The summed E-state index contributed by atoms with van der Waals surface area (Å²) in [5.74, 6) is -1.21. The molecule has 6 nitrogen and oxygen atoms in total. The van der Waals surface area contributed by atoms with Gasteiger partial charge < -0.3 is 9.15 Å². The van der Waals surface area contributed by atoms with Gasteiger partial charge in [-0.05, 0) is 35.9 Å². The van der Waals surface area contributed by atoms with Crippen molar-refractivity contribution in [2.24, 2.45) is 0 Å². The average molecular weight is 431 g/mol. The third kappa shape index (κ3) is 4.44. The Hall–Kier alpha value is -3.23. The van der Waals surface area contributed by atoms with Crippen molar-refractivity contribution in [2.45, 2.75) is 6.61 Å². The molecule has 0 unspecified atom stereocenters. The van der Waals surface area contributed by atoms with Gasteiger partial charge in [-0.15, -0.1) is 0 Å². The number of nitrogens with zero attached hydrogens (tertiary/aromatic N) is 1. The number of rotatable bonds is 5. The molecule has 1 amide bonds. The van der Waals surface area contributed by atoms with E-state index in [0.717, 1.165) is 17.0 Å². The van der Waals surface area contributed by atoms with Crippen LogP contribution in [0.2, 0.25) is 5.02 Å². The van der Waals surface area contributed by atoms with Crippen LogP contribution < -0.4 is 15.5 Å². The molecule has 0 saturated heterocycles. The van der Waals surface area contributed by atoms with Crippen LogP contribution in [0.15, 0.2) is 64.0 Å². The van der Waals surface area contributed by atoms with Gasteiger partial charge in [-0.1, -0.05) is 35.1 Å². The van der Waals surface area contributed by atoms with Crippen LogP contribution in [0.3, 0.4) is 0 Å². The number of hydrogen-bond acceptors (Lipinski definition) is 6. The van der Waals surface area contributed by atoms with Crippen LogP contribution in [0.1, 0.15) is 16.1 Å². The minimum absolute atomic E-state index is 0.0551. The molecule has 2 aromatic heterocycles. The van der Waals surface area contributed by atoms with Crippen molar-refractivity contribution in [2.75, 3.05) is 5.32 Å². The third-order valence-electron chi connectivity index (χ3n) is 3.90. The molecule has 9 heteroatoms. The number of hydrogen-bond donors (Lipinski definition) is 1. The van der Waals surface area contributed by atoms with Crippen molar-refractivity contribution in [1.29, 1.82) is 0 Å². The first kappa shape index (κ1) is 19.1. The minimum atomic E-state index is -0.614. The quantitative estimate of drug-likeness (QED) is 0.488. The summed E-state index contributed by atoms with van der Waals surface area (Å²) in [5, 5.41) is 3.52. The van der Waals surface area contributed by atoms with Crippen LogP contribution in [-0.2, 0) is 6.61 Å². The predicted molar refractivity (Wildman–Crippen MR) is 108 cm³/mol. The summed E-state index contributed by atoms with van der Waals surface area (Å²) in [6, 6.07) is 11.9. The molecule has 0 bridgehead atoms. The fraction of sp³-hybridized carbons (Fsp3) is 0.0500. The summed E-state index contributed by atoms with van der Waals surface area (Å²) < 4.78 is 24.3. The van der Waals surface area contributed by atoms with E-state index in [1.54, 1.807) is 30.3 Å².